The van der Waals surface area contributed by atoms with Gasteiger partial charge in [0.15, 0.2) is 0 Å². The lowest BCUT2D eigenvalue weighted by Crippen LogP contribution is -2.27. The molecule has 2 aliphatic heterocycles. The summed E-state index contributed by atoms with van der Waals surface area (Å²) in [6.07, 6.45) is 2.20. The predicted octanol–water partition coefficient (Wildman–Crippen LogP) is -0.596. The van der Waals surface area contributed by atoms with Gasteiger partial charge < -0.3 is 4.74 Å². The van der Waals surface area contributed by atoms with Crippen molar-refractivity contribution >= 4 is 17.8 Å². The number of hydrogen-bond donors (Lipinski definition) is 2. The molecule has 0 bridgehead atoms. The van der Waals surface area contributed by atoms with E-state index < -0.39 is 11.8 Å². The van der Waals surface area contributed by atoms with E-state index in [0.717, 1.165) is 19.4 Å². The van der Waals surface area contributed by atoms with Gasteiger partial charge in [-0.1, -0.05) is 6.92 Å². The van der Waals surface area contributed by atoms with Gasteiger partial charge >= 0.3 is 11.8 Å². The zero-order valence-corrected chi connectivity index (χ0v) is 9.16. The summed E-state index contributed by atoms with van der Waals surface area (Å²) >= 11 is 0. The summed E-state index contributed by atoms with van der Waals surface area (Å²) in [4.78, 5) is 25.9. The number of rotatable bonds is 3. The molecule has 2 rings (SSSR count). The minimum atomic E-state index is -0.645. The molecule has 0 aromatic heterocycles. The van der Waals surface area contributed by atoms with Crippen molar-refractivity contribution in [2.75, 3.05) is 13.2 Å². The Morgan fingerprint density at radius 2 is 2.06 bits per heavy atom. The van der Waals surface area contributed by atoms with Gasteiger partial charge in [-0.3, -0.25) is 25.2 Å². The molecule has 2 saturated heterocycles. The highest BCUT2D eigenvalue weighted by molar-refractivity contribution is 6.45. The summed E-state index contributed by atoms with van der Waals surface area (Å²) in [5.41, 5.74) is 0. The molecular formula is C10H15N3O3. The molecule has 2 aliphatic rings. The van der Waals surface area contributed by atoms with E-state index in [1.807, 2.05) is 0 Å². The standard InChI is InChI=1S/C10H15N3O3/c1-2-7-6(3-4-16-7)5-11-10-12-8(14)9(15)13-10/h6-7H,2-5H2,1H3,(H2,11,12,13,14,15). The van der Waals surface area contributed by atoms with Crippen LogP contribution < -0.4 is 10.6 Å². The van der Waals surface area contributed by atoms with Crippen molar-refractivity contribution < 1.29 is 14.3 Å². The third kappa shape index (κ3) is 2.21. The summed E-state index contributed by atoms with van der Waals surface area (Å²) in [7, 11) is 0. The second kappa shape index (κ2) is 4.61. The Bertz CT molecular complexity index is 322. The fourth-order valence-corrected chi connectivity index (χ4v) is 2.00. The molecule has 16 heavy (non-hydrogen) atoms. The lowest BCUT2D eigenvalue weighted by Gasteiger charge is -2.14. The minimum absolute atomic E-state index is 0.247. The smallest absolute Gasteiger partial charge is 0.316 e. The van der Waals surface area contributed by atoms with Crippen LogP contribution in [0.1, 0.15) is 19.8 Å². The summed E-state index contributed by atoms with van der Waals surface area (Å²) in [6, 6.07) is 0. The third-order valence-electron chi connectivity index (χ3n) is 2.90. The maximum absolute atomic E-state index is 10.9. The lowest BCUT2D eigenvalue weighted by atomic mass is 10.0. The van der Waals surface area contributed by atoms with Crippen molar-refractivity contribution in [3.05, 3.63) is 0 Å². The van der Waals surface area contributed by atoms with Gasteiger partial charge in [0, 0.05) is 19.1 Å². The molecule has 0 radical (unpaired) electrons. The topological polar surface area (TPSA) is 79.8 Å². The van der Waals surface area contributed by atoms with E-state index in [0.29, 0.717) is 12.5 Å². The molecule has 88 valence electrons. The number of aliphatic imine (C=N–C) groups is 1. The van der Waals surface area contributed by atoms with Gasteiger partial charge in [0.1, 0.15) is 0 Å². The van der Waals surface area contributed by atoms with Crippen LogP contribution in [0.5, 0.6) is 0 Å². The highest BCUT2D eigenvalue weighted by atomic mass is 16.5. The number of hydrogen-bond acceptors (Lipinski definition) is 4. The monoisotopic (exact) mass is 225 g/mol. The Balaban J connectivity index is 1.89. The third-order valence-corrected chi connectivity index (χ3v) is 2.90. The molecule has 2 fully saturated rings. The molecule has 2 unspecified atom stereocenters. The van der Waals surface area contributed by atoms with Gasteiger partial charge in [0.25, 0.3) is 0 Å². The Hall–Kier alpha value is -1.43. The Kier molecular flexibility index (Phi) is 3.19. The van der Waals surface area contributed by atoms with Gasteiger partial charge in [-0.2, -0.15) is 0 Å². The summed E-state index contributed by atoms with van der Waals surface area (Å²) in [6.45, 7) is 3.43. The number of carbonyl (C=O) groups excluding carboxylic acids is 2. The van der Waals surface area contributed by atoms with Crippen molar-refractivity contribution in [1.82, 2.24) is 10.6 Å². The fraction of sp³-hybridized carbons (Fsp3) is 0.700. The van der Waals surface area contributed by atoms with E-state index in [4.69, 9.17) is 4.74 Å². The molecular weight excluding hydrogens is 210 g/mol. The molecule has 6 nitrogen and oxygen atoms in total. The number of amides is 2. The molecule has 0 aliphatic carbocycles. The second-order valence-corrected chi connectivity index (χ2v) is 3.96. The SMILES string of the molecule is CCC1OCCC1CN=C1NC(=O)C(=O)N1. The highest BCUT2D eigenvalue weighted by Gasteiger charge is 2.28. The minimum Gasteiger partial charge on any atom is -0.378 e. The van der Waals surface area contributed by atoms with E-state index in [-0.39, 0.29) is 12.1 Å². The summed E-state index contributed by atoms with van der Waals surface area (Å²) < 4.78 is 5.53. The van der Waals surface area contributed by atoms with Crippen LogP contribution in [0.3, 0.4) is 0 Å². The van der Waals surface area contributed by atoms with Crippen LogP contribution in [0, 0.1) is 5.92 Å². The lowest BCUT2D eigenvalue weighted by molar-refractivity contribution is -0.135. The zero-order chi connectivity index (χ0) is 11.5. The highest BCUT2D eigenvalue weighted by Crippen LogP contribution is 2.23. The fourth-order valence-electron chi connectivity index (χ4n) is 2.00. The predicted molar refractivity (Wildman–Crippen MR) is 56.7 cm³/mol. The van der Waals surface area contributed by atoms with Crippen molar-refractivity contribution in [3.8, 4) is 0 Å². The number of guanidine groups is 1. The van der Waals surface area contributed by atoms with E-state index in [1.54, 1.807) is 0 Å². The first-order valence-corrected chi connectivity index (χ1v) is 5.49. The first kappa shape index (κ1) is 11.1. The number of carbonyl (C=O) groups is 2. The Morgan fingerprint density at radius 1 is 1.38 bits per heavy atom. The van der Waals surface area contributed by atoms with Crippen LogP contribution in [0.15, 0.2) is 4.99 Å². The first-order valence-electron chi connectivity index (χ1n) is 5.49. The quantitative estimate of drug-likeness (QED) is 0.630. The molecule has 0 spiro atoms. The second-order valence-electron chi connectivity index (χ2n) is 3.96. The van der Waals surface area contributed by atoms with Crippen molar-refractivity contribution in [1.29, 1.82) is 0 Å². The summed E-state index contributed by atoms with van der Waals surface area (Å²) in [5.74, 6) is -0.648. The first-order chi connectivity index (χ1) is 7.70. The van der Waals surface area contributed by atoms with Crippen LogP contribution >= 0.6 is 0 Å². The van der Waals surface area contributed by atoms with Gasteiger partial charge in [0.2, 0.25) is 5.96 Å². The van der Waals surface area contributed by atoms with Crippen molar-refractivity contribution in [3.63, 3.8) is 0 Å². The maximum atomic E-state index is 10.9. The zero-order valence-electron chi connectivity index (χ0n) is 9.16. The van der Waals surface area contributed by atoms with Gasteiger partial charge in [-0.25, -0.2) is 0 Å². The van der Waals surface area contributed by atoms with Gasteiger partial charge in [0.05, 0.1) is 6.10 Å². The van der Waals surface area contributed by atoms with E-state index in [9.17, 15) is 9.59 Å². The normalized spacial score (nSPS) is 29.2. The average molecular weight is 225 g/mol. The van der Waals surface area contributed by atoms with Crippen LogP contribution in [0.4, 0.5) is 0 Å². The Labute approximate surface area is 93.4 Å². The van der Waals surface area contributed by atoms with E-state index >= 15 is 0 Å². The van der Waals surface area contributed by atoms with Crippen molar-refractivity contribution in [2.24, 2.45) is 10.9 Å². The van der Waals surface area contributed by atoms with Crippen molar-refractivity contribution in [2.45, 2.75) is 25.9 Å². The maximum Gasteiger partial charge on any atom is 0.316 e. The molecule has 0 saturated carbocycles. The molecule has 2 N–H and O–H groups in total. The molecule has 2 atom stereocenters. The molecule has 0 aromatic carbocycles. The summed E-state index contributed by atoms with van der Waals surface area (Å²) in [5, 5.41) is 4.74. The van der Waals surface area contributed by atoms with Crippen LogP contribution in [-0.2, 0) is 14.3 Å². The van der Waals surface area contributed by atoms with Crippen LogP contribution in [-0.4, -0.2) is 37.0 Å². The molecule has 2 amide bonds. The number of ether oxygens (including phenoxy) is 1. The van der Waals surface area contributed by atoms with E-state index in [2.05, 4.69) is 22.5 Å². The Morgan fingerprint density at radius 3 is 2.69 bits per heavy atom. The number of nitrogens with zero attached hydrogens (tertiary/aromatic N) is 1. The average Bonchev–Trinajstić information content (AvgIpc) is 2.83. The van der Waals surface area contributed by atoms with Crippen LogP contribution in [0.25, 0.3) is 0 Å². The number of nitrogens with one attached hydrogen (secondary N) is 2. The largest absolute Gasteiger partial charge is 0.378 e. The molecule has 0 aromatic rings. The van der Waals surface area contributed by atoms with Crippen LogP contribution in [0.2, 0.25) is 0 Å². The molecule has 6 heteroatoms. The van der Waals surface area contributed by atoms with Gasteiger partial charge in [-0.15, -0.1) is 0 Å². The molecule has 2 heterocycles. The van der Waals surface area contributed by atoms with E-state index in [1.165, 1.54) is 0 Å². The van der Waals surface area contributed by atoms with Gasteiger partial charge in [-0.05, 0) is 12.8 Å².